The maximum absolute atomic E-state index is 13.4. The number of aromatic nitrogens is 1. The third kappa shape index (κ3) is 7.06. The second-order valence-electron chi connectivity index (χ2n) is 11.0. The predicted molar refractivity (Wildman–Crippen MR) is 153 cm³/mol. The van der Waals surface area contributed by atoms with Gasteiger partial charge in [0.05, 0.1) is 18.7 Å². The van der Waals surface area contributed by atoms with Crippen molar-refractivity contribution in [2.75, 3.05) is 18.6 Å². The summed E-state index contributed by atoms with van der Waals surface area (Å²) in [4.78, 5) is 44.4. The molecule has 1 aromatic heterocycles. The van der Waals surface area contributed by atoms with Crippen LogP contribution in [0.15, 0.2) is 46.5 Å². The number of aryl methyl sites for hydroxylation is 1. The number of carbonyl (C=O) groups is 3. The van der Waals surface area contributed by atoms with Gasteiger partial charge in [0.15, 0.2) is 5.13 Å². The molecular formula is C29H38N4O5S. The highest BCUT2D eigenvalue weighted by Crippen LogP contribution is 2.43. The van der Waals surface area contributed by atoms with E-state index in [9.17, 15) is 14.4 Å². The highest BCUT2D eigenvalue weighted by molar-refractivity contribution is 7.14. The van der Waals surface area contributed by atoms with Crippen molar-refractivity contribution in [2.45, 2.75) is 66.5 Å². The van der Waals surface area contributed by atoms with Crippen molar-refractivity contribution in [3.8, 4) is 0 Å². The molecule has 3 N–H and O–H groups in total. The van der Waals surface area contributed by atoms with Crippen LogP contribution in [0.5, 0.6) is 0 Å². The minimum atomic E-state index is -0.675. The first kappa shape index (κ1) is 29.9. The summed E-state index contributed by atoms with van der Waals surface area (Å²) in [6, 6.07) is 7.40. The van der Waals surface area contributed by atoms with Gasteiger partial charge in [0, 0.05) is 23.2 Å². The van der Waals surface area contributed by atoms with Crippen molar-refractivity contribution in [2.24, 2.45) is 11.7 Å². The van der Waals surface area contributed by atoms with Gasteiger partial charge in [-0.15, -0.1) is 11.3 Å². The van der Waals surface area contributed by atoms with Gasteiger partial charge in [0.25, 0.3) is 5.91 Å². The molecule has 1 aliphatic heterocycles. The fourth-order valence-electron chi connectivity index (χ4n) is 4.50. The van der Waals surface area contributed by atoms with E-state index < -0.39 is 29.6 Å². The summed E-state index contributed by atoms with van der Waals surface area (Å²) in [5, 5.41) is 5.01. The summed E-state index contributed by atoms with van der Waals surface area (Å²) in [6.45, 7) is 13.6. The lowest BCUT2D eigenvalue weighted by atomic mass is 9.82. The first-order valence-corrected chi connectivity index (χ1v) is 13.7. The molecule has 3 rings (SSSR count). The van der Waals surface area contributed by atoms with E-state index in [-0.39, 0.29) is 18.2 Å². The Bertz CT molecular complexity index is 1300. The summed E-state index contributed by atoms with van der Waals surface area (Å²) >= 11 is 1.27. The van der Waals surface area contributed by atoms with Gasteiger partial charge >= 0.3 is 12.1 Å². The molecule has 9 nitrogen and oxygen atoms in total. The maximum Gasteiger partial charge on any atom is 0.407 e. The van der Waals surface area contributed by atoms with Crippen LogP contribution in [-0.4, -0.2) is 48.3 Å². The maximum atomic E-state index is 13.4. The quantitative estimate of drug-likeness (QED) is 0.429. The highest BCUT2D eigenvalue weighted by Gasteiger charge is 2.39. The predicted octanol–water partition coefficient (Wildman–Crippen LogP) is 5.21. The molecule has 2 aromatic rings. The number of anilines is 1. The molecule has 1 aromatic carbocycles. The van der Waals surface area contributed by atoms with E-state index in [4.69, 9.17) is 15.2 Å². The van der Waals surface area contributed by atoms with Crippen LogP contribution >= 0.6 is 11.3 Å². The van der Waals surface area contributed by atoms with Crippen LogP contribution in [0, 0.1) is 12.8 Å². The fraction of sp³-hybridized carbons (Fsp3) is 0.448. The average molecular weight is 555 g/mol. The molecule has 1 unspecified atom stereocenters. The van der Waals surface area contributed by atoms with Crippen molar-refractivity contribution < 1.29 is 23.9 Å². The number of nitrogens with one attached hydrogen (secondary N) is 1. The van der Waals surface area contributed by atoms with Gasteiger partial charge in [-0.3, -0.25) is 4.79 Å². The Morgan fingerprint density at radius 3 is 2.33 bits per heavy atom. The summed E-state index contributed by atoms with van der Waals surface area (Å²) in [7, 11) is 1.35. The summed E-state index contributed by atoms with van der Waals surface area (Å²) in [6.07, 6.45) is 0.0440. The van der Waals surface area contributed by atoms with Crippen LogP contribution in [0.3, 0.4) is 0 Å². The Balaban J connectivity index is 2.31. The first-order chi connectivity index (χ1) is 18.2. The topological polar surface area (TPSA) is 124 Å². The largest absolute Gasteiger partial charge is 0.466 e. The zero-order chi connectivity index (χ0) is 29.1. The number of esters is 1. The number of nitrogens with two attached hydrogens (primary N) is 1. The van der Waals surface area contributed by atoms with E-state index in [0.29, 0.717) is 22.7 Å². The van der Waals surface area contributed by atoms with Crippen molar-refractivity contribution in [1.82, 2.24) is 10.3 Å². The molecule has 0 fully saturated rings. The number of primary amides is 1. The molecule has 0 aliphatic carbocycles. The van der Waals surface area contributed by atoms with E-state index in [1.54, 1.807) is 26.2 Å². The molecule has 0 saturated carbocycles. The summed E-state index contributed by atoms with van der Waals surface area (Å²) in [5.41, 5.74) is 9.61. The van der Waals surface area contributed by atoms with Gasteiger partial charge in [-0.05, 0) is 58.1 Å². The molecule has 0 radical (unpaired) electrons. The van der Waals surface area contributed by atoms with E-state index in [1.807, 2.05) is 43.0 Å². The second-order valence-corrected chi connectivity index (χ2v) is 11.8. The van der Waals surface area contributed by atoms with Gasteiger partial charge in [-0.25, -0.2) is 14.6 Å². The summed E-state index contributed by atoms with van der Waals surface area (Å²) < 4.78 is 10.8. The standard InChI is InChI=1S/C29H38N4O5S/c1-16(2)13-22-20(14-31-28(36)38-29(5,6)7)24(19-11-9-17(3)10-12-19)23(26(35)37-8)18(4)33(22)27-32-21(15-39-27)25(30)34/h9-12,15-16,18H,13-14H2,1-8H3,(H2,30,34)(H,31,36). The highest BCUT2D eigenvalue weighted by atomic mass is 32.1. The van der Waals surface area contributed by atoms with Crippen molar-refractivity contribution in [3.63, 3.8) is 0 Å². The van der Waals surface area contributed by atoms with E-state index >= 15 is 0 Å². The Morgan fingerprint density at radius 1 is 1.18 bits per heavy atom. The number of hydrogen-bond donors (Lipinski definition) is 2. The van der Waals surface area contributed by atoms with Crippen LogP contribution in [0.1, 0.15) is 69.6 Å². The molecule has 1 aliphatic rings. The fourth-order valence-corrected chi connectivity index (χ4v) is 5.42. The number of alkyl carbamates (subject to hydrolysis) is 1. The zero-order valence-electron chi connectivity index (χ0n) is 23.9. The normalized spacial score (nSPS) is 16.0. The molecule has 10 heteroatoms. The van der Waals surface area contributed by atoms with Crippen LogP contribution < -0.4 is 16.0 Å². The molecular weight excluding hydrogens is 516 g/mol. The Morgan fingerprint density at radius 2 is 1.82 bits per heavy atom. The van der Waals surface area contributed by atoms with E-state index in [0.717, 1.165) is 22.4 Å². The van der Waals surface area contributed by atoms with Crippen LogP contribution in [0.2, 0.25) is 0 Å². The van der Waals surface area contributed by atoms with E-state index in [2.05, 4.69) is 24.1 Å². The smallest absolute Gasteiger partial charge is 0.407 e. The number of hydrogen-bond acceptors (Lipinski definition) is 8. The molecule has 39 heavy (non-hydrogen) atoms. The Labute approximate surface area is 234 Å². The minimum Gasteiger partial charge on any atom is -0.466 e. The van der Waals surface area contributed by atoms with Gasteiger partial charge in [0.2, 0.25) is 0 Å². The molecule has 0 spiro atoms. The van der Waals surface area contributed by atoms with Crippen LogP contribution in [-0.2, 0) is 14.3 Å². The lowest BCUT2D eigenvalue weighted by Gasteiger charge is -2.40. The number of ether oxygens (including phenoxy) is 2. The van der Waals surface area contributed by atoms with Crippen molar-refractivity contribution >= 4 is 40.0 Å². The number of nitrogens with zero attached hydrogens (tertiary/aromatic N) is 2. The average Bonchev–Trinajstić information content (AvgIpc) is 3.32. The molecule has 2 amide bonds. The third-order valence-electron chi connectivity index (χ3n) is 6.12. The van der Waals surface area contributed by atoms with E-state index in [1.165, 1.54) is 18.4 Å². The SMILES string of the molecule is COC(=O)C1=C(c2ccc(C)cc2)C(CNC(=O)OC(C)(C)C)=C(CC(C)C)N(c2nc(C(N)=O)cs2)C1C. The number of carbonyl (C=O) groups excluding carboxylic acids is 3. The molecule has 2 heterocycles. The van der Waals surface area contributed by atoms with Gasteiger partial charge < -0.3 is 25.4 Å². The van der Waals surface area contributed by atoms with Gasteiger partial charge in [-0.2, -0.15) is 0 Å². The molecule has 210 valence electrons. The van der Waals surface area contributed by atoms with Crippen molar-refractivity contribution in [3.05, 3.63) is 63.3 Å². The Kier molecular flexibility index (Phi) is 9.22. The molecule has 0 saturated heterocycles. The van der Waals surface area contributed by atoms with Gasteiger partial charge in [-0.1, -0.05) is 43.7 Å². The van der Waals surface area contributed by atoms with Crippen LogP contribution in [0.25, 0.3) is 5.57 Å². The molecule has 0 bridgehead atoms. The van der Waals surface area contributed by atoms with Crippen molar-refractivity contribution in [1.29, 1.82) is 0 Å². The number of amides is 2. The lowest BCUT2D eigenvalue weighted by molar-refractivity contribution is -0.136. The minimum absolute atomic E-state index is 0.0952. The number of rotatable bonds is 8. The second kappa shape index (κ2) is 12.0. The number of thiazole rings is 1. The number of allylic oxidation sites excluding steroid dienone is 1. The lowest BCUT2D eigenvalue weighted by Crippen LogP contribution is -2.43. The monoisotopic (exact) mass is 554 g/mol. The summed E-state index contributed by atoms with van der Waals surface area (Å²) in [5.74, 6) is -0.902. The third-order valence-corrected chi connectivity index (χ3v) is 6.96. The zero-order valence-corrected chi connectivity index (χ0v) is 24.7. The van der Waals surface area contributed by atoms with Crippen LogP contribution in [0.4, 0.5) is 9.93 Å². The Hall–Kier alpha value is -3.66. The van der Waals surface area contributed by atoms with Gasteiger partial charge in [0.1, 0.15) is 11.3 Å². The number of methoxy groups -OCH3 is 1. The molecule has 1 atom stereocenters. The first-order valence-electron chi connectivity index (χ1n) is 12.9. The number of benzene rings is 1.